The first-order valence-corrected chi connectivity index (χ1v) is 11.4. The molecule has 1 aliphatic rings. The molecule has 10 heteroatoms. The monoisotopic (exact) mass is 484 g/mol. The maximum absolute atomic E-state index is 13.1. The van der Waals surface area contributed by atoms with Crippen molar-refractivity contribution in [3.8, 4) is 0 Å². The van der Waals surface area contributed by atoms with Gasteiger partial charge in [0.2, 0.25) is 11.7 Å². The van der Waals surface area contributed by atoms with Gasteiger partial charge in [0.15, 0.2) is 5.82 Å². The van der Waals surface area contributed by atoms with Gasteiger partial charge in [-0.1, -0.05) is 34.8 Å². The van der Waals surface area contributed by atoms with Crippen LogP contribution in [0.25, 0.3) is 16.7 Å². The molecule has 0 aliphatic carbocycles. The molecule has 4 aromatic rings. The average Bonchev–Trinajstić information content (AvgIpc) is 3.39. The highest BCUT2D eigenvalue weighted by atomic mass is 35.5. The topological polar surface area (TPSA) is 84.5 Å². The van der Waals surface area contributed by atoms with Crippen molar-refractivity contribution in [2.45, 2.75) is 32.4 Å². The zero-order valence-electron chi connectivity index (χ0n) is 18.2. The number of amides is 1. The summed E-state index contributed by atoms with van der Waals surface area (Å²) in [5.41, 5.74) is 2.21. The molecule has 2 aromatic carbocycles. The van der Waals surface area contributed by atoms with Crippen molar-refractivity contribution in [3.05, 3.63) is 68.2 Å². The van der Waals surface area contributed by atoms with Crippen LogP contribution in [-0.2, 0) is 18.4 Å². The molecular weight excluding hydrogens is 463 g/mol. The summed E-state index contributed by atoms with van der Waals surface area (Å²) in [5.74, 6) is 1.03. The van der Waals surface area contributed by atoms with Crippen molar-refractivity contribution in [2.75, 3.05) is 11.9 Å². The normalized spacial score (nSPS) is 16.7. The predicted octanol–water partition coefficient (Wildman–Crippen LogP) is 3.80. The maximum atomic E-state index is 13.1. The van der Waals surface area contributed by atoms with Crippen LogP contribution >= 0.6 is 23.2 Å². The van der Waals surface area contributed by atoms with Crippen LogP contribution in [0.2, 0.25) is 10.0 Å². The molecule has 0 spiro atoms. The Labute approximate surface area is 199 Å². The van der Waals surface area contributed by atoms with Crippen molar-refractivity contribution in [2.24, 2.45) is 7.05 Å². The number of nitrogens with zero attached hydrogens (tertiary/aromatic N) is 5. The molecule has 0 radical (unpaired) electrons. The van der Waals surface area contributed by atoms with Crippen molar-refractivity contribution in [3.63, 3.8) is 0 Å². The minimum absolute atomic E-state index is 0.112. The van der Waals surface area contributed by atoms with E-state index in [-0.39, 0.29) is 17.5 Å². The van der Waals surface area contributed by atoms with Crippen LogP contribution < -0.4 is 10.9 Å². The minimum Gasteiger partial charge on any atom is -0.325 e. The predicted molar refractivity (Wildman–Crippen MR) is 129 cm³/mol. The Kier molecular flexibility index (Phi) is 5.60. The quantitative estimate of drug-likeness (QED) is 0.476. The van der Waals surface area contributed by atoms with E-state index in [0.29, 0.717) is 39.3 Å². The Morgan fingerprint density at radius 3 is 2.67 bits per heavy atom. The smallest absolute Gasteiger partial charge is 0.262 e. The minimum atomic E-state index is -0.323. The lowest BCUT2D eigenvalue weighted by molar-refractivity contribution is -0.120. The summed E-state index contributed by atoms with van der Waals surface area (Å²) in [6.07, 6.45) is 1.62. The molecule has 5 rings (SSSR count). The standard InChI is InChI=1S/C23H22Cl2N6O2/c1-13-5-6-18-17(8-13)22(33)29(2)23-28-27-20(31(18)23)12-30-7-3-4-19(30)21(32)26-16-10-14(24)9-15(25)11-16/h5-6,8-11,19H,3-4,7,12H2,1-2H3,(H,26,32). The van der Waals surface area contributed by atoms with Crippen LogP contribution in [0.15, 0.2) is 41.2 Å². The lowest BCUT2D eigenvalue weighted by Gasteiger charge is -2.23. The Balaban J connectivity index is 1.47. The second-order valence-corrected chi connectivity index (χ2v) is 9.29. The molecule has 1 fully saturated rings. The summed E-state index contributed by atoms with van der Waals surface area (Å²) in [7, 11) is 1.69. The van der Waals surface area contributed by atoms with Gasteiger partial charge in [-0.25, -0.2) is 0 Å². The largest absolute Gasteiger partial charge is 0.325 e. The number of aromatic nitrogens is 4. The molecule has 1 atom stereocenters. The number of hydrogen-bond acceptors (Lipinski definition) is 5. The summed E-state index contributed by atoms with van der Waals surface area (Å²) in [5, 5.41) is 13.1. The molecule has 1 amide bonds. The molecule has 3 heterocycles. The Bertz CT molecular complexity index is 1440. The highest BCUT2D eigenvalue weighted by Gasteiger charge is 2.32. The number of nitrogens with one attached hydrogen (secondary N) is 1. The number of carbonyl (C=O) groups excluding carboxylic acids is 1. The van der Waals surface area contributed by atoms with E-state index in [4.69, 9.17) is 23.2 Å². The van der Waals surface area contributed by atoms with Gasteiger partial charge in [0.25, 0.3) is 5.56 Å². The highest BCUT2D eigenvalue weighted by Crippen LogP contribution is 2.26. The molecular formula is C23H22Cl2N6O2. The number of likely N-dealkylation sites (tertiary alicyclic amines) is 1. The van der Waals surface area contributed by atoms with Gasteiger partial charge in [0.05, 0.1) is 23.5 Å². The number of benzene rings is 2. The van der Waals surface area contributed by atoms with Gasteiger partial charge in [0, 0.05) is 22.8 Å². The molecule has 8 nitrogen and oxygen atoms in total. The van der Waals surface area contributed by atoms with Crippen LogP contribution in [0, 0.1) is 6.92 Å². The van der Waals surface area contributed by atoms with Crippen LogP contribution in [-0.4, -0.2) is 42.6 Å². The van der Waals surface area contributed by atoms with Crippen LogP contribution in [0.4, 0.5) is 5.69 Å². The number of anilines is 1. The SMILES string of the molecule is Cc1ccc2c(c1)c(=O)n(C)c1nnc(CN3CCCC3C(=O)Nc3cc(Cl)cc(Cl)c3)n21. The summed E-state index contributed by atoms with van der Waals surface area (Å²) in [6.45, 7) is 3.14. The Morgan fingerprint density at radius 2 is 1.91 bits per heavy atom. The van der Waals surface area contributed by atoms with E-state index in [9.17, 15) is 9.59 Å². The summed E-state index contributed by atoms with van der Waals surface area (Å²) in [6, 6.07) is 10.4. The van der Waals surface area contributed by atoms with Gasteiger partial charge < -0.3 is 5.32 Å². The van der Waals surface area contributed by atoms with Crippen molar-refractivity contribution in [1.29, 1.82) is 0 Å². The van der Waals surface area contributed by atoms with Crippen molar-refractivity contribution >= 4 is 51.5 Å². The molecule has 2 aromatic heterocycles. The first-order chi connectivity index (χ1) is 15.8. The van der Waals surface area contributed by atoms with Crippen LogP contribution in [0.5, 0.6) is 0 Å². The number of aryl methyl sites for hydroxylation is 2. The molecule has 0 bridgehead atoms. The zero-order valence-corrected chi connectivity index (χ0v) is 19.7. The van der Waals surface area contributed by atoms with E-state index < -0.39 is 0 Å². The third kappa shape index (κ3) is 3.99. The van der Waals surface area contributed by atoms with E-state index in [1.165, 1.54) is 4.57 Å². The second-order valence-electron chi connectivity index (χ2n) is 8.41. The number of hydrogen-bond donors (Lipinski definition) is 1. The van der Waals surface area contributed by atoms with E-state index in [0.717, 1.165) is 30.5 Å². The van der Waals surface area contributed by atoms with Crippen LogP contribution in [0.3, 0.4) is 0 Å². The molecule has 1 aliphatic heterocycles. The fraction of sp³-hybridized carbons (Fsp3) is 0.304. The third-order valence-electron chi connectivity index (χ3n) is 6.08. The Morgan fingerprint density at radius 1 is 1.15 bits per heavy atom. The van der Waals surface area contributed by atoms with Crippen molar-refractivity contribution in [1.82, 2.24) is 24.1 Å². The van der Waals surface area contributed by atoms with Gasteiger partial charge >= 0.3 is 0 Å². The average molecular weight is 485 g/mol. The fourth-order valence-corrected chi connectivity index (χ4v) is 5.03. The van der Waals surface area contributed by atoms with E-state index >= 15 is 0 Å². The lowest BCUT2D eigenvalue weighted by atomic mass is 10.1. The summed E-state index contributed by atoms with van der Waals surface area (Å²) >= 11 is 12.1. The number of rotatable bonds is 4. The summed E-state index contributed by atoms with van der Waals surface area (Å²) < 4.78 is 3.41. The third-order valence-corrected chi connectivity index (χ3v) is 6.52. The van der Waals surface area contributed by atoms with Gasteiger partial charge in [-0.15, -0.1) is 10.2 Å². The van der Waals surface area contributed by atoms with Gasteiger partial charge in [-0.05, 0) is 56.6 Å². The molecule has 1 saturated heterocycles. The second kappa shape index (κ2) is 8.44. The zero-order chi connectivity index (χ0) is 23.3. The maximum Gasteiger partial charge on any atom is 0.262 e. The first-order valence-electron chi connectivity index (χ1n) is 10.7. The molecule has 170 valence electrons. The molecule has 0 saturated carbocycles. The van der Waals surface area contributed by atoms with E-state index in [1.807, 2.05) is 29.5 Å². The van der Waals surface area contributed by atoms with Crippen LogP contribution in [0.1, 0.15) is 24.2 Å². The van der Waals surface area contributed by atoms with Crippen molar-refractivity contribution < 1.29 is 4.79 Å². The van der Waals surface area contributed by atoms with Gasteiger partial charge in [0.1, 0.15) is 0 Å². The first kappa shape index (κ1) is 21.9. The fourth-order valence-electron chi connectivity index (χ4n) is 4.51. The number of fused-ring (bicyclic) bond motifs is 3. The Hall–Kier alpha value is -2.94. The highest BCUT2D eigenvalue weighted by molar-refractivity contribution is 6.35. The van der Waals surface area contributed by atoms with E-state index in [2.05, 4.69) is 20.4 Å². The molecule has 1 N–H and O–H groups in total. The number of halogens is 2. The number of carbonyl (C=O) groups is 1. The molecule has 1 unspecified atom stereocenters. The van der Waals surface area contributed by atoms with Gasteiger partial charge in [-0.3, -0.25) is 23.5 Å². The van der Waals surface area contributed by atoms with E-state index in [1.54, 1.807) is 25.2 Å². The molecule has 33 heavy (non-hydrogen) atoms. The lowest BCUT2D eigenvalue weighted by Crippen LogP contribution is -2.39. The van der Waals surface area contributed by atoms with Gasteiger partial charge in [-0.2, -0.15) is 0 Å². The summed E-state index contributed by atoms with van der Waals surface area (Å²) in [4.78, 5) is 28.0.